The van der Waals surface area contributed by atoms with E-state index >= 15 is 0 Å². The number of amides is 1. The lowest BCUT2D eigenvalue weighted by molar-refractivity contribution is 0.102. The normalized spacial score (nSPS) is 15.6. The largest absolute Gasteiger partial charge is 0.401 e. The van der Waals surface area contributed by atoms with E-state index in [-0.39, 0.29) is 22.4 Å². The Labute approximate surface area is 178 Å². The molecule has 9 nitrogen and oxygen atoms in total. The van der Waals surface area contributed by atoms with Gasteiger partial charge in [-0.05, 0) is 44.0 Å². The molecule has 0 radical (unpaired) electrons. The molecule has 1 amide bonds. The molecule has 158 valence electrons. The van der Waals surface area contributed by atoms with Gasteiger partial charge in [-0.25, -0.2) is 13.4 Å². The van der Waals surface area contributed by atoms with Gasteiger partial charge in [0.15, 0.2) is 0 Å². The van der Waals surface area contributed by atoms with Crippen molar-refractivity contribution in [1.29, 1.82) is 0 Å². The van der Waals surface area contributed by atoms with Crippen LogP contribution in [0.25, 0.3) is 11.6 Å². The number of benzene rings is 1. The molecule has 1 N–H and O–H groups in total. The Morgan fingerprint density at radius 2 is 1.80 bits per heavy atom. The van der Waals surface area contributed by atoms with Gasteiger partial charge in [-0.2, -0.15) is 4.31 Å². The fourth-order valence-electron chi connectivity index (χ4n) is 3.22. The number of hydrogen-bond donors (Lipinski definition) is 1. The zero-order chi connectivity index (χ0) is 21.1. The van der Waals surface area contributed by atoms with Crippen molar-refractivity contribution in [3.63, 3.8) is 0 Å². The molecule has 1 saturated heterocycles. The lowest BCUT2D eigenvalue weighted by atomic mass is 10.2. The summed E-state index contributed by atoms with van der Waals surface area (Å²) < 4.78 is 32.6. The smallest absolute Gasteiger partial charge is 0.322 e. The molecule has 1 fully saturated rings. The fraction of sp³-hybridized carbons (Fsp3) is 0.368. The summed E-state index contributed by atoms with van der Waals surface area (Å²) in [5.74, 6) is -0.257. The van der Waals surface area contributed by atoms with Gasteiger partial charge >= 0.3 is 6.01 Å². The van der Waals surface area contributed by atoms with Crippen LogP contribution in [0.1, 0.15) is 41.0 Å². The number of hydrogen-bond acceptors (Lipinski definition) is 8. The lowest BCUT2D eigenvalue weighted by Crippen LogP contribution is -2.31. The van der Waals surface area contributed by atoms with Crippen molar-refractivity contribution in [2.75, 3.05) is 18.4 Å². The van der Waals surface area contributed by atoms with Crippen molar-refractivity contribution < 1.29 is 17.6 Å². The Hall–Kier alpha value is -2.63. The number of anilines is 1. The first-order chi connectivity index (χ1) is 14.4. The zero-order valence-corrected chi connectivity index (χ0v) is 18.0. The molecule has 1 aliphatic rings. The molecule has 11 heteroatoms. The van der Waals surface area contributed by atoms with Gasteiger partial charge in [0, 0.05) is 24.0 Å². The number of carbonyl (C=O) groups is 1. The molecule has 1 aliphatic heterocycles. The number of aryl methyl sites for hydroxylation is 1. The molecule has 0 aliphatic carbocycles. The van der Waals surface area contributed by atoms with Gasteiger partial charge < -0.3 is 4.42 Å². The van der Waals surface area contributed by atoms with Crippen LogP contribution in [0.4, 0.5) is 6.01 Å². The maximum Gasteiger partial charge on any atom is 0.322 e. The third-order valence-electron chi connectivity index (χ3n) is 4.80. The minimum atomic E-state index is -3.56. The van der Waals surface area contributed by atoms with Crippen LogP contribution in [0.3, 0.4) is 0 Å². The van der Waals surface area contributed by atoms with Crippen molar-refractivity contribution in [1.82, 2.24) is 19.5 Å². The summed E-state index contributed by atoms with van der Waals surface area (Å²) in [6.07, 6.45) is 3.83. The van der Waals surface area contributed by atoms with Crippen LogP contribution < -0.4 is 5.32 Å². The van der Waals surface area contributed by atoms with Crippen LogP contribution in [0.15, 0.2) is 39.0 Å². The Kier molecular flexibility index (Phi) is 5.93. The van der Waals surface area contributed by atoms with E-state index in [2.05, 4.69) is 20.5 Å². The maximum atomic E-state index is 12.8. The summed E-state index contributed by atoms with van der Waals surface area (Å²) >= 11 is 1.46. The second-order valence-corrected chi connectivity index (χ2v) is 9.96. The van der Waals surface area contributed by atoms with Crippen LogP contribution in [0.5, 0.6) is 0 Å². The maximum absolute atomic E-state index is 12.8. The van der Waals surface area contributed by atoms with E-state index in [4.69, 9.17) is 4.42 Å². The van der Waals surface area contributed by atoms with E-state index in [9.17, 15) is 13.2 Å². The van der Waals surface area contributed by atoms with Crippen LogP contribution in [-0.4, -0.2) is 46.9 Å². The molecule has 1 aromatic carbocycles. The van der Waals surface area contributed by atoms with Gasteiger partial charge in [-0.1, -0.05) is 17.9 Å². The second kappa shape index (κ2) is 8.62. The van der Waals surface area contributed by atoms with Crippen LogP contribution in [0.2, 0.25) is 0 Å². The van der Waals surface area contributed by atoms with E-state index in [0.29, 0.717) is 18.8 Å². The van der Waals surface area contributed by atoms with Crippen molar-refractivity contribution >= 4 is 33.3 Å². The first-order valence-electron chi connectivity index (χ1n) is 9.61. The topological polar surface area (TPSA) is 118 Å². The second-order valence-electron chi connectivity index (χ2n) is 6.96. The number of aromatic nitrogens is 3. The fourth-order valence-corrected chi connectivity index (χ4v) is 5.32. The van der Waals surface area contributed by atoms with E-state index in [1.54, 1.807) is 5.38 Å². The minimum absolute atomic E-state index is 0.0538. The predicted octanol–water partition coefficient (Wildman–Crippen LogP) is 3.32. The molecule has 0 saturated carbocycles. The summed E-state index contributed by atoms with van der Waals surface area (Å²) in [7, 11) is -3.56. The summed E-state index contributed by atoms with van der Waals surface area (Å²) in [6.45, 7) is 2.93. The number of sulfonamides is 1. The number of rotatable bonds is 5. The van der Waals surface area contributed by atoms with Gasteiger partial charge in [0.25, 0.3) is 11.8 Å². The minimum Gasteiger partial charge on any atom is -0.401 e. The van der Waals surface area contributed by atoms with Crippen molar-refractivity contribution in [2.24, 2.45) is 0 Å². The SMILES string of the molecule is Cc1nc(-c2nnc(NC(=O)c3ccc(S(=O)(=O)N4CCCCCC4)cc3)o2)cs1. The first kappa shape index (κ1) is 20.6. The quantitative estimate of drug-likeness (QED) is 0.637. The van der Waals surface area contributed by atoms with E-state index in [1.165, 1.54) is 39.9 Å². The number of carbonyl (C=O) groups excluding carboxylic acids is 1. The van der Waals surface area contributed by atoms with E-state index in [1.807, 2.05) is 6.92 Å². The van der Waals surface area contributed by atoms with E-state index < -0.39 is 15.9 Å². The Balaban J connectivity index is 1.45. The molecule has 4 rings (SSSR count). The summed E-state index contributed by atoms with van der Waals surface area (Å²) in [6, 6.07) is 5.79. The first-order valence-corrected chi connectivity index (χ1v) is 11.9. The Bertz CT molecular complexity index is 1130. The molecule has 3 heterocycles. The van der Waals surface area contributed by atoms with Crippen molar-refractivity contribution in [3.05, 3.63) is 40.2 Å². The molecular weight excluding hydrogens is 426 g/mol. The van der Waals surface area contributed by atoms with E-state index in [0.717, 1.165) is 30.7 Å². The van der Waals surface area contributed by atoms with Crippen LogP contribution in [-0.2, 0) is 10.0 Å². The summed E-state index contributed by atoms with van der Waals surface area (Å²) in [5.41, 5.74) is 0.836. The number of thiazole rings is 1. The lowest BCUT2D eigenvalue weighted by Gasteiger charge is -2.19. The highest BCUT2D eigenvalue weighted by Gasteiger charge is 2.25. The third kappa shape index (κ3) is 4.42. The van der Waals surface area contributed by atoms with Crippen LogP contribution >= 0.6 is 11.3 Å². The van der Waals surface area contributed by atoms with Gasteiger partial charge in [0.05, 0.1) is 9.90 Å². The zero-order valence-electron chi connectivity index (χ0n) is 16.4. The van der Waals surface area contributed by atoms with Gasteiger partial charge in [0.1, 0.15) is 5.69 Å². The number of nitrogens with zero attached hydrogens (tertiary/aromatic N) is 4. The highest BCUT2D eigenvalue weighted by Crippen LogP contribution is 2.23. The third-order valence-corrected chi connectivity index (χ3v) is 7.49. The molecule has 0 atom stereocenters. The Morgan fingerprint density at radius 3 is 2.43 bits per heavy atom. The molecule has 0 bridgehead atoms. The van der Waals surface area contributed by atoms with Gasteiger partial charge in [-0.3, -0.25) is 10.1 Å². The molecule has 0 unspecified atom stereocenters. The molecule has 2 aromatic heterocycles. The summed E-state index contributed by atoms with van der Waals surface area (Å²) in [4.78, 5) is 16.9. The molecule has 0 spiro atoms. The predicted molar refractivity (Wildman–Crippen MR) is 112 cm³/mol. The molecular formula is C19H21N5O4S2. The van der Waals surface area contributed by atoms with Gasteiger partial charge in [-0.15, -0.1) is 16.4 Å². The average Bonchev–Trinajstić information content (AvgIpc) is 3.28. The number of nitrogens with one attached hydrogen (secondary N) is 1. The molecule has 3 aromatic rings. The highest BCUT2D eigenvalue weighted by molar-refractivity contribution is 7.89. The monoisotopic (exact) mass is 447 g/mol. The van der Waals surface area contributed by atoms with Crippen molar-refractivity contribution in [2.45, 2.75) is 37.5 Å². The van der Waals surface area contributed by atoms with Gasteiger partial charge in [0.2, 0.25) is 10.0 Å². The Morgan fingerprint density at radius 1 is 1.10 bits per heavy atom. The highest BCUT2D eigenvalue weighted by atomic mass is 32.2. The average molecular weight is 448 g/mol. The molecule has 30 heavy (non-hydrogen) atoms. The van der Waals surface area contributed by atoms with Crippen LogP contribution in [0, 0.1) is 6.92 Å². The van der Waals surface area contributed by atoms with Crippen molar-refractivity contribution in [3.8, 4) is 11.6 Å². The standard InChI is InChI=1S/C19H21N5O4S2/c1-13-20-16(12-29-13)18-22-23-19(28-18)21-17(25)14-6-8-15(9-7-14)30(26,27)24-10-4-2-3-5-11-24/h6-9,12H,2-5,10-11H2,1H3,(H,21,23,25). The summed E-state index contributed by atoms with van der Waals surface area (Å²) in [5, 5.41) is 12.9.